The molecule has 0 radical (unpaired) electrons. The van der Waals surface area contributed by atoms with Gasteiger partial charge in [-0.2, -0.15) is 0 Å². The van der Waals surface area contributed by atoms with Crippen LogP contribution < -0.4 is 10.6 Å². The molecule has 31 heavy (non-hydrogen) atoms. The van der Waals surface area contributed by atoms with E-state index in [0.717, 1.165) is 5.92 Å². The van der Waals surface area contributed by atoms with Gasteiger partial charge < -0.3 is 12.3 Å². The van der Waals surface area contributed by atoms with Crippen LogP contribution in [0.3, 0.4) is 0 Å². The Hall–Kier alpha value is -0.171. The third kappa shape index (κ3) is 7.97. The quantitative estimate of drug-likeness (QED) is 0.169. The van der Waals surface area contributed by atoms with Crippen LogP contribution in [0.5, 0.6) is 0 Å². The smallest absolute Gasteiger partial charge is 0.0262 e. The topological polar surface area (TPSA) is 3.24 Å². The van der Waals surface area contributed by atoms with Crippen LogP contribution in [0.1, 0.15) is 51.9 Å². The van der Waals surface area contributed by atoms with Crippen LogP contribution in [-0.2, 0) is 17.1 Å². The molecule has 0 aromatic heterocycles. The van der Waals surface area contributed by atoms with Gasteiger partial charge in [-0.1, -0.05) is 109 Å². The molecule has 0 spiro atoms. The van der Waals surface area contributed by atoms with Gasteiger partial charge in [-0.25, -0.2) is 0 Å². The summed E-state index contributed by atoms with van der Waals surface area (Å²) >= 11 is 4.12. The fourth-order valence-corrected chi connectivity index (χ4v) is 9.37. The Labute approximate surface area is 212 Å². The van der Waals surface area contributed by atoms with Gasteiger partial charge in [0.25, 0.3) is 0 Å². The predicted octanol–water partition coefficient (Wildman–Crippen LogP) is 7.01. The zero-order valence-electron chi connectivity index (χ0n) is 19.7. The SMILES string of the molecule is C1CCCC1.C[C@H](C1CCC(P(c2ccccc2)c2ccccc2)C1Br)N(C)C.[CH3-].[Fe]. The van der Waals surface area contributed by atoms with E-state index in [9.17, 15) is 0 Å². The summed E-state index contributed by atoms with van der Waals surface area (Å²) in [6.07, 6.45) is 10.1. The minimum Gasteiger partial charge on any atom is -0.358 e. The zero-order chi connectivity index (χ0) is 20.6. The standard InChI is InChI=1S/C21H27BrNP.C5H10.CH3.Fe/c1-16(23(2)3)19-14-15-20(21(19)22)24(17-10-6-4-7-11-17)18-12-8-5-9-13-18;1-2-4-5-3-1;;/h4-13,16,19-21H,14-15H2,1-3H3;1-5H2;1H3;/q;;-1;/t16-,19?,20?,21?;;;/m1.../s1. The average molecular weight is 545 g/mol. The van der Waals surface area contributed by atoms with Crippen molar-refractivity contribution in [3.63, 3.8) is 0 Å². The number of hydrogen-bond acceptors (Lipinski definition) is 1. The molecule has 0 heterocycles. The van der Waals surface area contributed by atoms with E-state index in [4.69, 9.17) is 0 Å². The summed E-state index contributed by atoms with van der Waals surface area (Å²) in [5.74, 6) is 0.724. The summed E-state index contributed by atoms with van der Waals surface area (Å²) in [7, 11) is 4.08. The maximum atomic E-state index is 4.12. The molecular formula is C27H40BrFeNP-. The van der Waals surface area contributed by atoms with E-state index in [-0.39, 0.29) is 32.4 Å². The van der Waals surface area contributed by atoms with Crippen molar-refractivity contribution < 1.29 is 17.1 Å². The van der Waals surface area contributed by atoms with E-state index < -0.39 is 0 Å². The van der Waals surface area contributed by atoms with Crippen molar-refractivity contribution in [2.45, 2.75) is 68.4 Å². The van der Waals surface area contributed by atoms with Gasteiger partial charge in [0.05, 0.1) is 0 Å². The van der Waals surface area contributed by atoms with Gasteiger partial charge in [0, 0.05) is 33.6 Å². The first-order chi connectivity index (χ1) is 14.1. The van der Waals surface area contributed by atoms with Crippen molar-refractivity contribution in [3.05, 3.63) is 68.1 Å². The summed E-state index contributed by atoms with van der Waals surface area (Å²) in [5, 5.41) is 3.01. The fourth-order valence-electron chi connectivity index (χ4n) is 4.72. The Kier molecular flexibility index (Phi) is 13.8. The molecule has 3 unspecified atom stereocenters. The largest absolute Gasteiger partial charge is 0.358 e. The van der Waals surface area contributed by atoms with Gasteiger partial charge in [-0.05, 0) is 58.3 Å². The van der Waals surface area contributed by atoms with Crippen molar-refractivity contribution in [2.24, 2.45) is 5.92 Å². The first-order valence-corrected chi connectivity index (χ1v) is 13.6. The molecule has 1 nitrogen and oxygen atoms in total. The summed E-state index contributed by atoms with van der Waals surface area (Å²) in [4.78, 5) is 2.95. The normalized spacial score (nSPS) is 23.5. The van der Waals surface area contributed by atoms with Crippen molar-refractivity contribution in [1.29, 1.82) is 0 Å². The average Bonchev–Trinajstić information content (AvgIpc) is 3.44. The monoisotopic (exact) mass is 544 g/mol. The first kappa shape index (κ1) is 28.9. The zero-order valence-corrected chi connectivity index (χ0v) is 23.2. The molecule has 0 N–H and O–H groups in total. The van der Waals surface area contributed by atoms with Crippen LogP contribution in [0.15, 0.2) is 60.7 Å². The maximum absolute atomic E-state index is 4.12. The first-order valence-electron chi connectivity index (χ1n) is 11.3. The van der Waals surface area contributed by atoms with Gasteiger partial charge in [-0.3, -0.25) is 0 Å². The van der Waals surface area contributed by atoms with Crippen molar-refractivity contribution in [2.75, 3.05) is 14.1 Å². The van der Waals surface area contributed by atoms with E-state index in [1.165, 1.54) is 55.6 Å². The van der Waals surface area contributed by atoms with Crippen LogP contribution >= 0.6 is 23.9 Å². The molecule has 2 saturated carbocycles. The Morgan fingerprint density at radius 3 is 1.61 bits per heavy atom. The number of rotatable bonds is 5. The molecule has 174 valence electrons. The number of alkyl halides is 1. The molecule has 4 heteroatoms. The number of benzene rings is 2. The minimum absolute atomic E-state index is 0. The summed E-state index contributed by atoms with van der Waals surface area (Å²) in [6.45, 7) is 2.37. The van der Waals surface area contributed by atoms with Gasteiger partial charge in [0.15, 0.2) is 0 Å². The van der Waals surface area contributed by atoms with Crippen LogP contribution in [0.2, 0.25) is 0 Å². The van der Waals surface area contributed by atoms with E-state index in [0.29, 0.717) is 16.5 Å². The Balaban J connectivity index is 0.000000606. The van der Waals surface area contributed by atoms with Crippen LogP contribution in [0.25, 0.3) is 0 Å². The maximum Gasteiger partial charge on any atom is 0.0262 e. The third-order valence-corrected chi connectivity index (χ3v) is 11.3. The number of nitrogens with zero attached hydrogens (tertiary/aromatic N) is 1. The second kappa shape index (κ2) is 14.9. The van der Waals surface area contributed by atoms with Crippen LogP contribution in [0, 0.1) is 13.3 Å². The van der Waals surface area contributed by atoms with E-state index in [1.807, 2.05) is 0 Å². The Morgan fingerprint density at radius 2 is 1.23 bits per heavy atom. The second-order valence-corrected chi connectivity index (χ2v) is 12.3. The van der Waals surface area contributed by atoms with Gasteiger partial charge in [0.1, 0.15) is 0 Å². The molecule has 2 aliphatic rings. The number of hydrogen-bond donors (Lipinski definition) is 0. The molecule has 2 fully saturated rings. The Bertz CT molecular complexity index is 661. The van der Waals surface area contributed by atoms with Crippen molar-refractivity contribution in [1.82, 2.24) is 4.90 Å². The third-order valence-electron chi connectivity index (χ3n) is 6.66. The van der Waals surface area contributed by atoms with E-state index >= 15 is 0 Å². The predicted molar refractivity (Wildman–Crippen MR) is 141 cm³/mol. The fraction of sp³-hybridized carbons (Fsp3) is 0.519. The summed E-state index contributed by atoms with van der Waals surface area (Å²) in [6, 6.07) is 22.9. The second-order valence-electron chi connectivity index (χ2n) is 8.77. The molecule has 0 aliphatic heterocycles. The summed E-state index contributed by atoms with van der Waals surface area (Å²) in [5.41, 5.74) is 0.706. The Morgan fingerprint density at radius 1 is 0.806 bits per heavy atom. The number of halogens is 1. The van der Waals surface area contributed by atoms with Crippen LogP contribution in [-0.4, -0.2) is 35.5 Å². The molecule has 2 aliphatic carbocycles. The van der Waals surface area contributed by atoms with Crippen LogP contribution in [0.4, 0.5) is 0 Å². The van der Waals surface area contributed by atoms with Crippen molar-refractivity contribution >= 4 is 34.5 Å². The molecule has 0 bridgehead atoms. The molecular weight excluding hydrogens is 505 g/mol. The molecule has 0 saturated heterocycles. The van der Waals surface area contributed by atoms with E-state index in [2.05, 4.69) is 103 Å². The van der Waals surface area contributed by atoms with Gasteiger partial charge in [-0.15, -0.1) is 0 Å². The summed E-state index contributed by atoms with van der Waals surface area (Å²) < 4.78 is 0. The van der Waals surface area contributed by atoms with Gasteiger partial charge >= 0.3 is 0 Å². The molecule has 4 rings (SSSR count). The van der Waals surface area contributed by atoms with Crippen molar-refractivity contribution in [3.8, 4) is 0 Å². The molecule has 0 amide bonds. The molecule has 2 aromatic rings. The van der Waals surface area contributed by atoms with E-state index in [1.54, 1.807) is 0 Å². The van der Waals surface area contributed by atoms with Gasteiger partial charge in [0.2, 0.25) is 0 Å². The molecule has 4 atom stereocenters. The minimum atomic E-state index is -0.327. The molecule has 2 aromatic carbocycles.